The Labute approximate surface area is 234 Å². The predicted molar refractivity (Wildman–Crippen MR) is 146 cm³/mol. The minimum absolute atomic E-state index is 0.144. The van der Waals surface area contributed by atoms with E-state index in [4.69, 9.17) is 5.11 Å². The van der Waals surface area contributed by atoms with Crippen LogP contribution in [-0.2, 0) is 25.7 Å². The van der Waals surface area contributed by atoms with Gasteiger partial charge in [0.1, 0.15) is 0 Å². The molecule has 14 nitrogen and oxygen atoms in total. The van der Waals surface area contributed by atoms with Crippen LogP contribution in [0.1, 0.15) is 5.56 Å². The van der Waals surface area contributed by atoms with Crippen molar-refractivity contribution in [1.29, 1.82) is 0 Å². The summed E-state index contributed by atoms with van der Waals surface area (Å²) < 4.78 is 0. The standard InChI is InChI=1S/C26H43N5O9/c1-27(15-22(32)16-31(20-26(39)40)14-21-6-4-3-5-7-21)8-10-29(18-24(35)36)12-13-30(19-25(37)38)11-9-28(2)17-23(33)34/h3-7,22,32H,8-20H2,1-2H3,(H,33,34)(H,35,36)(H,37,38)(H,39,40). The zero-order valence-electron chi connectivity index (χ0n) is 23.3. The van der Waals surface area contributed by atoms with Crippen LogP contribution in [0, 0.1) is 0 Å². The minimum atomic E-state index is -1.04. The maximum Gasteiger partial charge on any atom is 0.317 e. The quantitative estimate of drug-likeness (QED) is 0.104. The summed E-state index contributed by atoms with van der Waals surface area (Å²) in [7, 11) is 3.40. The number of hydrogen-bond donors (Lipinski definition) is 5. The van der Waals surface area contributed by atoms with Gasteiger partial charge >= 0.3 is 23.9 Å². The zero-order chi connectivity index (χ0) is 30.1. The van der Waals surface area contributed by atoms with Gasteiger partial charge in [0.05, 0.1) is 32.3 Å². The summed E-state index contributed by atoms with van der Waals surface area (Å²) in [4.78, 5) is 53.2. The van der Waals surface area contributed by atoms with Gasteiger partial charge in [-0.2, -0.15) is 0 Å². The highest BCUT2D eigenvalue weighted by Crippen LogP contribution is 2.06. The largest absolute Gasteiger partial charge is 0.480 e. The average molecular weight is 570 g/mol. The third-order valence-corrected chi connectivity index (χ3v) is 6.05. The number of carboxylic acid groups (broad SMARTS) is 4. The van der Waals surface area contributed by atoms with Crippen LogP contribution in [0.5, 0.6) is 0 Å². The lowest BCUT2D eigenvalue weighted by atomic mass is 10.2. The molecule has 0 amide bonds. The molecule has 0 aromatic heterocycles. The number of likely N-dealkylation sites (N-methyl/N-ethyl adjacent to an activating group) is 2. The summed E-state index contributed by atoms with van der Waals surface area (Å²) in [5.74, 6) is -4.05. The molecule has 0 saturated heterocycles. The summed E-state index contributed by atoms with van der Waals surface area (Å²) in [5.41, 5.74) is 0.930. The fourth-order valence-electron chi connectivity index (χ4n) is 4.16. The predicted octanol–water partition coefficient (Wildman–Crippen LogP) is -1.34. The van der Waals surface area contributed by atoms with Crippen LogP contribution >= 0.6 is 0 Å². The van der Waals surface area contributed by atoms with Crippen molar-refractivity contribution in [2.75, 3.05) is 92.6 Å². The second-order valence-electron chi connectivity index (χ2n) is 9.94. The topological polar surface area (TPSA) is 186 Å². The molecule has 0 bridgehead atoms. The molecule has 5 N–H and O–H groups in total. The van der Waals surface area contributed by atoms with Gasteiger partial charge < -0.3 is 30.4 Å². The van der Waals surface area contributed by atoms with Crippen molar-refractivity contribution >= 4 is 23.9 Å². The molecule has 0 fully saturated rings. The van der Waals surface area contributed by atoms with Gasteiger partial charge in [0.15, 0.2) is 0 Å². The van der Waals surface area contributed by atoms with Crippen LogP contribution in [0.15, 0.2) is 30.3 Å². The van der Waals surface area contributed by atoms with E-state index < -0.39 is 30.0 Å². The first kappa shape index (κ1) is 34.9. The Balaban J connectivity index is 2.63. The molecular formula is C26H43N5O9. The summed E-state index contributed by atoms with van der Waals surface area (Å²) in [6.07, 6.45) is -0.838. The average Bonchev–Trinajstić information content (AvgIpc) is 2.83. The molecule has 1 atom stereocenters. The number of aliphatic carboxylic acids is 4. The van der Waals surface area contributed by atoms with E-state index in [0.29, 0.717) is 32.7 Å². The summed E-state index contributed by atoms with van der Waals surface area (Å²) >= 11 is 0. The second kappa shape index (κ2) is 19.0. The van der Waals surface area contributed by atoms with Gasteiger partial charge in [-0.25, -0.2) is 0 Å². The number of benzene rings is 1. The lowest BCUT2D eigenvalue weighted by Crippen LogP contribution is -2.45. The highest BCUT2D eigenvalue weighted by molar-refractivity contribution is 5.70. The number of nitrogens with zero attached hydrogens (tertiary/aromatic N) is 5. The molecule has 0 aliphatic heterocycles. The Bertz CT molecular complexity index is 921. The number of carbonyl (C=O) groups is 4. The molecular weight excluding hydrogens is 526 g/mol. The van der Waals surface area contributed by atoms with E-state index in [9.17, 15) is 39.6 Å². The van der Waals surface area contributed by atoms with Crippen LogP contribution in [0.4, 0.5) is 0 Å². The van der Waals surface area contributed by atoms with Gasteiger partial charge in [0, 0.05) is 58.9 Å². The van der Waals surface area contributed by atoms with Gasteiger partial charge in [0.2, 0.25) is 0 Å². The van der Waals surface area contributed by atoms with Crippen LogP contribution in [-0.4, -0.2) is 173 Å². The fraction of sp³-hybridized carbons (Fsp3) is 0.615. The number of hydrogen-bond acceptors (Lipinski definition) is 10. The molecule has 1 unspecified atom stereocenters. The SMILES string of the molecule is CN(CCN(CCN(CCN(C)CC(O)CN(CC(=O)O)Cc1ccccc1)CC(=O)O)CC(=O)O)CC(=O)O. The third-order valence-electron chi connectivity index (χ3n) is 6.05. The number of carboxylic acids is 4. The highest BCUT2D eigenvalue weighted by Gasteiger charge is 2.19. The lowest BCUT2D eigenvalue weighted by Gasteiger charge is -2.29. The minimum Gasteiger partial charge on any atom is -0.480 e. The Morgan fingerprint density at radius 2 is 1.02 bits per heavy atom. The molecule has 14 heteroatoms. The van der Waals surface area contributed by atoms with Crippen LogP contribution in [0.2, 0.25) is 0 Å². The lowest BCUT2D eigenvalue weighted by molar-refractivity contribution is -0.140. The van der Waals surface area contributed by atoms with Crippen LogP contribution < -0.4 is 0 Å². The first-order valence-electron chi connectivity index (χ1n) is 13.0. The first-order chi connectivity index (χ1) is 18.8. The van der Waals surface area contributed by atoms with E-state index in [1.165, 1.54) is 0 Å². The van der Waals surface area contributed by atoms with Gasteiger partial charge in [-0.1, -0.05) is 30.3 Å². The maximum atomic E-state index is 11.4. The van der Waals surface area contributed by atoms with E-state index >= 15 is 0 Å². The van der Waals surface area contributed by atoms with Crippen LogP contribution in [0.25, 0.3) is 0 Å². The molecule has 0 saturated carbocycles. The molecule has 1 aromatic rings. The Morgan fingerprint density at radius 1 is 0.600 bits per heavy atom. The summed E-state index contributed by atoms with van der Waals surface area (Å²) in [6.45, 7) is 1.81. The zero-order valence-corrected chi connectivity index (χ0v) is 23.3. The van der Waals surface area contributed by atoms with Crippen molar-refractivity contribution in [3.8, 4) is 0 Å². The molecule has 0 spiro atoms. The number of aliphatic hydroxyl groups excluding tert-OH is 1. The van der Waals surface area contributed by atoms with Crippen molar-refractivity contribution in [2.24, 2.45) is 0 Å². The number of aliphatic hydroxyl groups is 1. The van der Waals surface area contributed by atoms with Gasteiger partial charge in [-0.3, -0.25) is 38.8 Å². The molecule has 0 heterocycles. The molecule has 1 aromatic carbocycles. The fourth-order valence-corrected chi connectivity index (χ4v) is 4.16. The Hall–Kier alpha value is -3.14. The second-order valence-corrected chi connectivity index (χ2v) is 9.94. The van der Waals surface area contributed by atoms with E-state index in [1.54, 1.807) is 33.7 Å². The van der Waals surface area contributed by atoms with E-state index in [0.717, 1.165) is 5.56 Å². The summed E-state index contributed by atoms with van der Waals surface area (Å²) in [6, 6.07) is 9.36. The van der Waals surface area contributed by atoms with Crippen molar-refractivity contribution in [3.05, 3.63) is 35.9 Å². The molecule has 226 valence electrons. The van der Waals surface area contributed by atoms with E-state index in [2.05, 4.69) is 0 Å². The molecule has 0 aliphatic carbocycles. The maximum absolute atomic E-state index is 11.4. The molecule has 0 radical (unpaired) electrons. The Morgan fingerprint density at radius 3 is 1.50 bits per heavy atom. The normalized spacial score (nSPS) is 12.5. The monoisotopic (exact) mass is 569 g/mol. The van der Waals surface area contributed by atoms with E-state index in [1.807, 2.05) is 35.2 Å². The highest BCUT2D eigenvalue weighted by atomic mass is 16.4. The Kier molecular flexibility index (Phi) is 16.6. The van der Waals surface area contributed by atoms with Crippen LogP contribution in [0.3, 0.4) is 0 Å². The summed E-state index contributed by atoms with van der Waals surface area (Å²) in [5, 5.41) is 47.3. The third kappa shape index (κ3) is 17.4. The molecule has 40 heavy (non-hydrogen) atoms. The van der Waals surface area contributed by atoms with Crippen molar-refractivity contribution in [2.45, 2.75) is 12.6 Å². The van der Waals surface area contributed by atoms with Crippen molar-refractivity contribution in [3.63, 3.8) is 0 Å². The first-order valence-corrected chi connectivity index (χ1v) is 13.0. The van der Waals surface area contributed by atoms with Crippen molar-refractivity contribution < 1.29 is 44.7 Å². The van der Waals surface area contributed by atoms with Gasteiger partial charge in [0.25, 0.3) is 0 Å². The van der Waals surface area contributed by atoms with Crippen molar-refractivity contribution in [1.82, 2.24) is 24.5 Å². The molecule has 1 rings (SSSR count). The van der Waals surface area contributed by atoms with Gasteiger partial charge in [-0.05, 0) is 19.7 Å². The molecule has 0 aliphatic rings. The smallest absolute Gasteiger partial charge is 0.317 e. The van der Waals surface area contributed by atoms with Gasteiger partial charge in [-0.15, -0.1) is 0 Å². The van der Waals surface area contributed by atoms with E-state index in [-0.39, 0.29) is 52.4 Å². The number of rotatable bonds is 23.